The van der Waals surface area contributed by atoms with E-state index in [0.29, 0.717) is 21.3 Å². The first-order valence-electron chi connectivity index (χ1n) is 13.3. The van der Waals surface area contributed by atoms with Crippen molar-refractivity contribution in [2.24, 2.45) is 0 Å². The molecule has 0 aromatic heterocycles. The molecule has 0 aliphatic rings. The van der Waals surface area contributed by atoms with Crippen LogP contribution in [0.2, 0.25) is 10.0 Å². The lowest BCUT2D eigenvalue weighted by Gasteiger charge is -2.35. The molecule has 0 fully saturated rings. The summed E-state index contributed by atoms with van der Waals surface area (Å²) in [6, 6.07) is 17.4. The van der Waals surface area contributed by atoms with E-state index in [9.17, 15) is 18.0 Å². The number of benzene rings is 3. The number of anilines is 1. The minimum absolute atomic E-state index is 0.0506. The number of sulfonamides is 1. The maximum atomic E-state index is 14.2. The number of amides is 2. The van der Waals surface area contributed by atoms with E-state index in [-0.39, 0.29) is 23.8 Å². The number of nitrogens with one attached hydrogen (secondary N) is 1. The summed E-state index contributed by atoms with van der Waals surface area (Å²) < 4.78 is 29.0. The normalized spacial score (nSPS) is 12.5. The fraction of sp³-hybridized carbons (Fsp3) is 0.355. The second-order valence-corrected chi connectivity index (χ2v) is 13.7. The lowest BCUT2D eigenvalue weighted by Crippen LogP contribution is -2.55. The van der Waals surface area contributed by atoms with Crippen LogP contribution in [0.4, 0.5) is 5.69 Å². The zero-order valence-electron chi connectivity index (χ0n) is 24.2. The average molecular weight is 619 g/mol. The lowest BCUT2D eigenvalue weighted by atomic mass is 10.1. The summed E-state index contributed by atoms with van der Waals surface area (Å²) in [5.41, 5.74) is 2.08. The Morgan fingerprint density at radius 1 is 0.878 bits per heavy atom. The summed E-state index contributed by atoms with van der Waals surface area (Å²) in [4.78, 5) is 29.0. The van der Waals surface area contributed by atoms with Gasteiger partial charge in [0.05, 0.1) is 10.6 Å². The van der Waals surface area contributed by atoms with Gasteiger partial charge in [-0.3, -0.25) is 13.9 Å². The Morgan fingerprint density at radius 3 is 1.88 bits per heavy atom. The smallest absolute Gasteiger partial charge is 0.264 e. The van der Waals surface area contributed by atoms with Gasteiger partial charge in [0, 0.05) is 27.7 Å². The van der Waals surface area contributed by atoms with Crippen molar-refractivity contribution in [1.82, 2.24) is 10.2 Å². The second-order valence-electron chi connectivity index (χ2n) is 11.0. The van der Waals surface area contributed by atoms with Crippen LogP contribution in [0.1, 0.15) is 50.8 Å². The Kier molecular flexibility index (Phi) is 10.5. The predicted octanol–water partition coefficient (Wildman–Crippen LogP) is 6.53. The van der Waals surface area contributed by atoms with E-state index in [4.69, 9.17) is 23.2 Å². The van der Waals surface area contributed by atoms with Crippen molar-refractivity contribution >= 4 is 50.7 Å². The molecule has 1 unspecified atom stereocenters. The summed E-state index contributed by atoms with van der Waals surface area (Å²) in [6.07, 6.45) is 0.283. The van der Waals surface area contributed by atoms with Gasteiger partial charge in [0.15, 0.2) is 0 Å². The fourth-order valence-electron chi connectivity index (χ4n) is 4.30. The van der Waals surface area contributed by atoms with Gasteiger partial charge in [0.1, 0.15) is 12.6 Å². The van der Waals surface area contributed by atoms with Crippen LogP contribution in [0.15, 0.2) is 71.6 Å². The molecule has 2 amide bonds. The number of nitrogens with zero attached hydrogens (tertiary/aromatic N) is 2. The zero-order chi connectivity index (χ0) is 30.5. The summed E-state index contributed by atoms with van der Waals surface area (Å²) in [6.45, 7) is 10.5. The first kappa shape index (κ1) is 32.4. The summed E-state index contributed by atoms with van der Waals surface area (Å²) in [5.74, 6) is -0.937. The van der Waals surface area contributed by atoms with Gasteiger partial charge in [0.25, 0.3) is 10.0 Å². The van der Waals surface area contributed by atoms with Crippen LogP contribution in [0.25, 0.3) is 0 Å². The molecule has 1 atom stereocenters. The zero-order valence-corrected chi connectivity index (χ0v) is 26.6. The fourth-order valence-corrected chi connectivity index (χ4v) is 6.23. The molecule has 0 aliphatic carbocycles. The van der Waals surface area contributed by atoms with Gasteiger partial charge in [0.2, 0.25) is 11.8 Å². The largest absolute Gasteiger partial charge is 0.350 e. The molecule has 0 radical (unpaired) electrons. The number of rotatable bonds is 10. The van der Waals surface area contributed by atoms with Crippen LogP contribution < -0.4 is 9.62 Å². The van der Waals surface area contributed by atoms with Crippen LogP contribution in [-0.2, 0) is 26.2 Å². The molecular formula is C31H37Cl2N3O4S. The molecule has 7 nitrogen and oxygen atoms in total. The topological polar surface area (TPSA) is 86.8 Å². The number of halogens is 2. The number of hydrogen-bond acceptors (Lipinski definition) is 4. The molecule has 3 rings (SSSR count). The number of carbonyl (C=O) groups excluding carboxylic acids is 2. The third-order valence-electron chi connectivity index (χ3n) is 6.48. The highest BCUT2D eigenvalue weighted by Gasteiger charge is 2.35. The summed E-state index contributed by atoms with van der Waals surface area (Å²) in [7, 11) is -4.15. The highest BCUT2D eigenvalue weighted by molar-refractivity contribution is 7.92. The van der Waals surface area contributed by atoms with Gasteiger partial charge >= 0.3 is 0 Å². The van der Waals surface area contributed by atoms with Crippen molar-refractivity contribution in [1.29, 1.82) is 0 Å². The Labute approximate surface area is 253 Å². The van der Waals surface area contributed by atoms with Gasteiger partial charge in [-0.25, -0.2) is 8.42 Å². The van der Waals surface area contributed by atoms with Crippen LogP contribution >= 0.6 is 23.2 Å². The molecule has 3 aromatic rings. The van der Waals surface area contributed by atoms with E-state index in [1.807, 2.05) is 34.6 Å². The molecule has 0 heterocycles. The average Bonchev–Trinajstić information content (AvgIpc) is 2.88. The van der Waals surface area contributed by atoms with Crippen molar-refractivity contribution in [3.8, 4) is 0 Å². The van der Waals surface area contributed by atoms with Crippen molar-refractivity contribution in [2.45, 2.75) is 71.0 Å². The monoisotopic (exact) mass is 617 g/mol. The Bertz CT molecular complexity index is 1460. The van der Waals surface area contributed by atoms with E-state index in [1.165, 1.54) is 17.0 Å². The third-order valence-corrected chi connectivity index (χ3v) is 8.98. The van der Waals surface area contributed by atoms with Gasteiger partial charge in [-0.1, -0.05) is 71.6 Å². The molecule has 41 heavy (non-hydrogen) atoms. The van der Waals surface area contributed by atoms with Crippen LogP contribution in [0.5, 0.6) is 0 Å². The van der Waals surface area contributed by atoms with E-state index >= 15 is 0 Å². The van der Waals surface area contributed by atoms with Gasteiger partial charge in [-0.15, -0.1) is 0 Å². The quantitative estimate of drug-likeness (QED) is 0.280. The van der Waals surface area contributed by atoms with Crippen molar-refractivity contribution in [2.75, 3.05) is 10.8 Å². The van der Waals surface area contributed by atoms with Crippen LogP contribution in [-0.4, -0.2) is 43.3 Å². The highest BCUT2D eigenvalue weighted by Crippen LogP contribution is 2.29. The highest BCUT2D eigenvalue weighted by atomic mass is 35.5. The van der Waals surface area contributed by atoms with Crippen LogP contribution in [0, 0.1) is 13.8 Å². The number of carbonyl (C=O) groups is 2. The molecule has 3 aromatic carbocycles. The molecule has 0 saturated heterocycles. The SMILES string of the molecule is CCC(C(=O)NC(C)(C)C)N(Cc1c(Cl)cccc1Cl)C(=O)CN(c1ccc(C)cc1)S(=O)(=O)c1ccc(C)cc1. The molecule has 0 aliphatic heterocycles. The second kappa shape index (κ2) is 13.3. The van der Waals surface area contributed by atoms with E-state index in [0.717, 1.165) is 15.4 Å². The Balaban J connectivity index is 2.11. The van der Waals surface area contributed by atoms with E-state index in [2.05, 4.69) is 5.32 Å². The van der Waals surface area contributed by atoms with Gasteiger partial charge in [-0.05, 0) is 77.4 Å². The summed E-state index contributed by atoms with van der Waals surface area (Å²) >= 11 is 12.9. The Hall–Kier alpha value is -3.07. The first-order chi connectivity index (χ1) is 19.1. The molecule has 0 spiro atoms. The minimum atomic E-state index is -4.15. The maximum Gasteiger partial charge on any atom is 0.264 e. The number of hydrogen-bond donors (Lipinski definition) is 1. The van der Waals surface area contributed by atoms with Crippen molar-refractivity contribution in [3.05, 3.63) is 93.5 Å². The van der Waals surface area contributed by atoms with E-state index < -0.39 is 34.1 Å². The predicted molar refractivity (Wildman–Crippen MR) is 166 cm³/mol. The number of aryl methyl sites for hydroxylation is 2. The molecular weight excluding hydrogens is 581 g/mol. The molecule has 1 N–H and O–H groups in total. The van der Waals surface area contributed by atoms with E-state index in [1.54, 1.807) is 61.5 Å². The van der Waals surface area contributed by atoms with Gasteiger partial charge in [-0.2, -0.15) is 0 Å². The maximum absolute atomic E-state index is 14.2. The molecule has 10 heteroatoms. The van der Waals surface area contributed by atoms with Gasteiger partial charge < -0.3 is 10.2 Å². The first-order valence-corrected chi connectivity index (χ1v) is 15.5. The molecule has 0 bridgehead atoms. The standard InChI is InChI=1S/C31H37Cl2N3O4S/c1-7-28(30(38)34-31(4,5)6)35(19-25-26(32)9-8-10-27(25)33)29(37)20-36(23-15-11-21(2)12-16-23)41(39,40)24-17-13-22(3)14-18-24/h8-18,28H,7,19-20H2,1-6H3,(H,34,38). The lowest BCUT2D eigenvalue weighted by molar-refractivity contribution is -0.141. The van der Waals surface area contributed by atoms with Crippen molar-refractivity contribution in [3.63, 3.8) is 0 Å². The third kappa shape index (κ3) is 8.24. The molecule has 220 valence electrons. The van der Waals surface area contributed by atoms with Crippen LogP contribution in [0.3, 0.4) is 0 Å². The Morgan fingerprint density at radius 2 is 1.39 bits per heavy atom. The summed E-state index contributed by atoms with van der Waals surface area (Å²) in [5, 5.41) is 3.62. The minimum Gasteiger partial charge on any atom is -0.350 e. The van der Waals surface area contributed by atoms with Crippen molar-refractivity contribution < 1.29 is 18.0 Å². The molecule has 0 saturated carbocycles.